The summed E-state index contributed by atoms with van der Waals surface area (Å²) in [5, 5.41) is 15.5. The highest BCUT2D eigenvalue weighted by molar-refractivity contribution is 6.32. The number of pyridine rings is 1. The summed E-state index contributed by atoms with van der Waals surface area (Å²) < 4.78 is 10.7. The van der Waals surface area contributed by atoms with E-state index in [1.54, 1.807) is 18.2 Å². The van der Waals surface area contributed by atoms with Gasteiger partial charge in [-0.1, -0.05) is 11.6 Å². The molecule has 4 rings (SSSR count). The number of hydrogen-bond acceptors (Lipinski definition) is 7. The first-order valence-electron chi connectivity index (χ1n) is 7.99. The van der Waals surface area contributed by atoms with Gasteiger partial charge in [0, 0.05) is 34.7 Å². The van der Waals surface area contributed by atoms with Crippen molar-refractivity contribution in [1.82, 2.24) is 10.4 Å². The van der Waals surface area contributed by atoms with Crippen LogP contribution in [0.4, 0.5) is 5.69 Å². The Morgan fingerprint density at radius 2 is 1.93 bits per heavy atom. The molecular formula is C18H11ClN4O5. The molecule has 28 heavy (non-hydrogen) atoms. The molecule has 1 amide bonds. The maximum atomic E-state index is 12.1. The molecule has 10 heteroatoms. The van der Waals surface area contributed by atoms with Crippen LogP contribution in [0.15, 0.2) is 47.6 Å². The van der Waals surface area contributed by atoms with Crippen molar-refractivity contribution < 1.29 is 19.2 Å². The number of nitro groups is 1. The molecule has 9 nitrogen and oxygen atoms in total. The van der Waals surface area contributed by atoms with Gasteiger partial charge in [0.1, 0.15) is 5.15 Å². The minimum absolute atomic E-state index is 0.102. The number of non-ortho nitro benzene ring substituents is 1. The summed E-state index contributed by atoms with van der Waals surface area (Å²) in [4.78, 5) is 26.5. The molecule has 0 unspecified atom stereocenters. The van der Waals surface area contributed by atoms with Crippen LogP contribution >= 0.6 is 11.6 Å². The van der Waals surface area contributed by atoms with Crippen molar-refractivity contribution in [2.24, 2.45) is 5.10 Å². The summed E-state index contributed by atoms with van der Waals surface area (Å²) in [7, 11) is 0. The standard InChI is InChI=1S/C18H11ClN4O5/c19-17-12(5-11-6-15-16(28-9-27-15)7-14(11)21-17)8-20-22-18(24)10-1-3-13(4-2-10)23(25)26/h1-8H,9H2,(H,22,24)/b20-8-. The van der Waals surface area contributed by atoms with E-state index in [1.807, 2.05) is 0 Å². The lowest BCUT2D eigenvalue weighted by atomic mass is 10.1. The van der Waals surface area contributed by atoms with Gasteiger partial charge in [0.2, 0.25) is 6.79 Å². The van der Waals surface area contributed by atoms with Crippen LogP contribution in [-0.4, -0.2) is 28.8 Å². The van der Waals surface area contributed by atoms with Crippen LogP contribution in [0.5, 0.6) is 11.5 Å². The number of nitrogens with one attached hydrogen (secondary N) is 1. The summed E-state index contributed by atoms with van der Waals surface area (Å²) in [6.07, 6.45) is 1.36. The second-order valence-electron chi connectivity index (χ2n) is 5.77. The Hall–Kier alpha value is -3.72. The number of hydrazone groups is 1. The van der Waals surface area contributed by atoms with Gasteiger partial charge in [0.25, 0.3) is 11.6 Å². The second kappa shape index (κ2) is 7.12. The van der Waals surface area contributed by atoms with E-state index in [-0.39, 0.29) is 23.2 Å². The molecule has 3 aromatic rings. The lowest BCUT2D eigenvalue weighted by Gasteiger charge is -2.04. The van der Waals surface area contributed by atoms with Crippen LogP contribution < -0.4 is 14.9 Å². The third-order valence-corrected chi connectivity index (χ3v) is 4.30. The zero-order valence-corrected chi connectivity index (χ0v) is 14.8. The molecule has 140 valence electrons. The molecule has 0 spiro atoms. The molecule has 0 fully saturated rings. The average Bonchev–Trinajstić information content (AvgIpc) is 3.14. The number of aromatic nitrogens is 1. The Bertz CT molecular complexity index is 1130. The van der Waals surface area contributed by atoms with E-state index in [9.17, 15) is 14.9 Å². The van der Waals surface area contributed by atoms with Gasteiger partial charge in [0.15, 0.2) is 11.5 Å². The molecule has 2 aromatic carbocycles. The molecule has 0 saturated carbocycles. The van der Waals surface area contributed by atoms with Crippen LogP contribution in [0.2, 0.25) is 5.15 Å². The zero-order valence-electron chi connectivity index (χ0n) is 14.1. The molecular weight excluding hydrogens is 388 g/mol. The predicted octanol–water partition coefficient (Wildman–Crippen LogP) is 3.29. The normalized spacial score (nSPS) is 12.5. The van der Waals surface area contributed by atoms with Gasteiger partial charge in [-0.15, -0.1) is 0 Å². The monoisotopic (exact) mass is 398 g/mol. The summed E-state index contributed by atoms with van der Waals surface area (Å²) in [6, 6.07) is 10.5. The van der Waals surface area contributed by atoms with E-state index in [0.29, 0.717) is 22.6 Å². The number of hydrogen-bond donors (Lipinski definition) is 1. The minimum atomic E-state index is -0.541. The van der Waals surface area contributed by atoms with E-state index in [1.165, 1.54) is 30.5 Å². The third-order valence-electron chi connectivity index (χ3n) is 4.00. The summed E-state index contributed by atoms with van der Waals surface area (Å²) in [6.45, 7) is 0.155. The molecule has 1 aliphatic rings. The Kier molecular flexibility index (Phi) is 4.50. The van der Waals surface area contributed by atoms with Crippen LogP contribution in [0.3, 0.4) is 0 Å². The first-order chi connectivity index (χ1) is 13.5. The van der Waals surface area contributed by atoms with Crippen molar-refractivity contribution in [1.29, 1.82) is 0 Å². The van der Waals surface area contributed by atoms with Crippen LogP contribution in [-0.2, 0) is 0 Å². The molecule has 0 radical (unpaired) electrons. The molecule has 1 aromatic heterocycles. The predicted molar refractivity (Wildman–Crippen MR) is 101 cm³/mol. The highest BCUT2D eigenvalue weighted by Gasteiger charge is 2.16. The second-order valence-corrected chi connectivity index (χ2v) is 6.13. The lowest BCUT2D eigenvalue weighted by molar-refractivity contribution is -0.384. The highest BCUT2D eigenvalue weighted by atomic mass is 35.5. The van der Waals surface area contributed by atoms with Crippen molar-refractivity contribution in [2.75, 3.05) is 6.79 Å². The lowest BCUT2D eigenvalue weighted by Crippen LogP contribution is -2.17. The summed E-state index contributed by atoms with van der Waals surface area (Å²) >= 11 is 6.18. The molecule has 2 heterocycles. The summed E-state index contributed by atoms with van der Waals surface area (Å²) in [5.74, 6) is 0.707. The number of amides is 1. The van der Waals surface area contributed by atoms with Crippen molar-refractivity contribution in [3.05, 3.63) is 68.9 Å². The van der Waals surface area contributed by atoms with Crippen LogP contribution in [0, 0.1) is 10.1 Å². The van der Waals surface area contributed by atoms with E-state index in [4.69, 9.17) is 21.1 Å². The number of rotatable bonds is 4. The molecule has 0 saturated heterocycles. The van der Waals surface area contributed by atoms with E-state index in [2.05, 4.69) is 15.5 Å². The molecule has 0 aliphatic carbocycles. The number of benzene rings is 2. The van der Waals surface area contributed by atoms with Crippen molar-refractivity contribution in [2.45, 2.75) is 0 Å². The topological polar surface area (TPSA) is 116 Å². The minimum Gasteiger partial charge on any atom is -0.454 e. The number of nitro benzene ring substituents is 1. The van der Waals surface area contributed by atoms with Crippen molar-refractivity contribution >= 4 is 40.3 Å². The van der Waals surface area contributed by atoms with E-state index < -0.39 is 10.8 Å². The Balaban J connectivity index is 1.51. The Morgan fingerprint density at radius 1 is 1.21 bits per heavy atom. The van der Waals surface area contributed by atoms with E-state index >= 15 is 0 Å². The maximum absolute atomic E-state index is 12.1. The van der Waals surface area contributed by atoms with Gasteiger partial charge in [-0.3, -0.25) is 14.9 Å². The molecule has 0 atom stereocenters. The van der Waals surface area contributed by atoms with Gasteiger partial charge in [0.05, 0.1) is 16.7 Å². The number of ether oxygens (including phenoxy) is 2. The highest BCUT2D eigenvalue weighted by Crippen LogP contribution is 2.36. The third kappa shape index (κ3) is 3.42. The fourth-order valence-electron chi connectivity index (χ4n) is 2.61. The van der Waals surface area contributed by atoms with Crippen molar-refractivity contribution in [3.63, 3.8) is 0 Å². The molecule has 1 aliphatic heterocycles. The van der Waals surface area contributed by atoms with Crippen LogP contribution in [0.25, 0.3) is 10.9 Å². The smallest absolute Gasteiger partial charge is 0.271 e. The first kappa shape index (κ1) is 17.7. The average molecular weight is 399 g/mol. The van der Waals surface area contributed by atoms with E-state index in [0.717, 1.165) is 5.39 Å². The number of carbonyl (C=O) groups excluding carboxylic acids is 1. The molecule has 1 N–H and O–H groups in total. The number of carbonyl (C=O) groups is 1. The number of nitrogens with zero attached hydrogens (tertiary/aromatic N) is 3. The Morgan fingerprint density at radius 3 is 2.64 bits per heavy atom. The first-order valence-corrected chi connectivity index (χ1v) is 8.37. The van der Waals surface area contributed by atoms with Crippen LogP contribution in [0.1, 0.15) is 15.9 Å². The fourth-order valence-corrected chi connectivity index (χ4v) is 2.80. The number of fused-ring (bicyclic) bond motifs is 2. The quantitative estimate of drug-likeness (QED) is 0.312. The zero-order chi connectivity index (χ0) is 19.7. The SMILES string of the molecule is O=C(N/N=C\c1cc2cc3c(cc2nc1Cl)OCO3)c1ccc([N+](=O)[O-])cc1. The van der Waals surface area contributed by atoms with Gasteiger partial charge in [-0.2, -0.15) is 5.10 Å². The summed E-state index contributed by atoms with van der Waals surface area (Å²) in [5.41, 5.74) is 3.61. The number of halogens is 1. The Labute approximate surface area is 162 Å². The largest absolute Gasteiger partial charge is 0.454 e. The fraction of sp³-hybridized carbons (Fsp3) is 0.0556. The maximum Gasteiger partial charge on any atom is 0.271 e. The molecule has 0 bridgehead atoms. The van der Waals surface area contributed by atoms with Gasteiger partial charge in [-0.25, -0.2) is 10.4 Å². The van der Waals surface area contributed by atoms with Gasteiger partial charge >= 0.3 is 0 Å². The van der Waals surface area contributed by atoms with Crippen molar-refractivity contribution in [3.8, 4) is 11.5 Å². The van der Waals surface area contributed by atoms with Gasteiger partial charge < -0.3 is 9.47 Å². The van der Waals surface area contributed by atoms with Gasteiger partial charge in [-0.05, 0) is 24.3 Å².